The van der Waals surface area contributed by atoms with Gasteiger partial charge in [-0.1, -0.05) is 6.07 Å². The largest absolute Gasteiger partial charge is 0.481 e. The Labute approximate surface area is 157 Å². The van der Waals surface area contributed by atoms with Crippen molar-refractivity contribution in [2.24, 2.45) is 4.99 Å². The van der Waals surface area contributed by atoms with Crippen molar-refractivity contribution < 1.29 is 13.5 Å². The summed E-state index contributed by atoms with van der Waals surface area (Å²) in [6, 6.07) is 7.54. The maximum absolute atomic E-state index is 14.0. The third-order valence-corrected chi connectivity index (χ3v) is 4.47. The number of benzene rings is 1. The lowest BCUT2D eigenvalue weighted by Gasteiger charge is -2.21. The highest BCUT2D eigenvalue weighted by Crippen LogP contribution is 2.24. The Morgan fingerprint density at radius 3 is 2.85 bits per heavy atom. The topological polar surface area (TPSA) is 61.8 Å². The highest BCUT2D eigenvalue weighted by atomic mass is 19.1. The monoisotopic (exact) mass is 375 g/mol. The first-order valence-electron chi connectivity index (χ1n) is 8.75. The van der Waals surface area contributed by atoms with Gasteiger partial charge in [0, 0.05) is 51.1 Å². The number of methoxy groups -OCH3 is 1. The lowest BCUT2D eigenvalue weighted by Crippen LogP contribution is -2.44. The molecular weight excluding hydrogens is 352 g/mol. The Bertz CT molecular complexity index is 797. The Morgan fingerprint density at radius 2 is 2.19 bits per heavy atom. The number of halogens is 2. The summed E-state index contributed by atoms with van der Waals surface area (Å²) in [6.07, 6.45) is 2.58. The summed E-state index contributed by atoms with van der Waals surface area (Å²) in [4.78, 5) is 10.3. The van der Waals surface area contributed by atoms with Gasteiger partial charge in [0.25, 0.3) is 0 Å². The van der Waals surface area contributed by atoms with Crippen LogP contribution in [0.1, 0.15) is 12.0 Å². The second kappa shape index (κ2) is 8.66. The zero-order valence-corrected chi connectivity index (χ0v) is 15.4. The number of rotatable bonds is 5. The molecule has 0 bridgehead atoms. The Morgan fingerprint density at radius 1 is 1.33 bits per heavy atom. The van der Waals surface area contributed by atoms with E-state index in [0.717, 1.165) is 18.1 Å². The molecule has 0 saturated carbocycles. The van der Waals surface area contributed by atoms with Crippen LogP contribution in [0.2, 0.25) is 0 Å². The van der Waals surface area contributed by atoms with E-state index in [1.807, 2.05) is 11.0 Å². The molecule has 6 nitrogen and oxygen atoms in total. The van der Waals surface area contributed by atoms with Crippen LogP contribution >= 0.6 is 0 Å². The molecule has 0 spiro atoms. The molecule has 0 radical (unpaired) electrons. The van der Waals surface area contributed by atoms with E-state index in [1.54, 1.807) is 26.4 Å². The first-order chi connectivity index (χ1) is 13.1. The van der Waals surface area contributed by atoms with Gasteiger partial charge in [-0.3, -0.25) is 4.99 Å². The van der Waals surface area contributed by atoms with E-state index in [4.69, 9.17) is 4.74 Å². The summed E-state index contributed by atoms with van der Waals surface area (Å²) in [7, 11) is 3.28. The molecule has 1 saturated heterocycles. The molecular formula is C19H23F2N5O. The number of aromatic nitrogens is 1. The molecule has 1 unspecified atom stereocenters. The van der Waals surface area contributed by atoms with Crippen molar-refractivity contribution in [3.05, 3.63) is 53.7 Å². The fourth-order valence-corrected chi connectivity index (χ4v) is 3.04. The number of pyridine rings is 1. The maximum atomic E-state index is 14.0. The second-order valence-corrected chi connectivity index (χ2v) is 6.31. The van der Waals surface area contributed by atoms with Crippen molar-refractivity contribution in [1.82, 2.24) is 15.6 Å². The van der Waals surface area contributed by atoms with Crippen LogP contribution in [0.5, 0.6) is 5.88 Å². The van der Waals surface area contributed by atoms with Crippen LogP contribution in [0.25, 0.3) is 0 Å². The predicted molar refractivity (Wildman–Crippen MR) is 101 cm³/mol. The van der Waals surface area contributed by atoms with Gasteiger partial charge in [0.1, 0.15) is 11.6 Å². The van der Waals surface area contributed by atoms with Gasteiger partial charge >= 0.3 is 0 Å². The lowest BCUT2D eigenvalue weighted by molar-refractivity contribution is 0.397. The number of hydrogen-bond acceptors (Lipinski definition) is 4. The molecule has 0 amide bonds. The molecule has 2 heterocycles. The summed E-state index contributed by atoms with van der Waals surface area (Å²) in [6.45, 7) is 1.88. The average Bonchev–Trinajstić information content (AvgIpc) is 3.13. The normalized spacial score (nSPS) is 17.1. The van der Waals surface area contributed by atoms with Gasteiger partial charge < -0.3 is 20.3 Å². The van der Waals surface area contributed by atoms with Crippen LogP contribution in [0, 0.1) is 11.6 Å². The molecule has 3 rings (SSSR count). The summed E-state index contributed by atoms with van der Waals surface area (Å²) >= 11 is 0. The first kappa shape index (κ1) is 18.9. The van der Waals surface area contributed by atoms with Gasteiger partial charge in [-0.15, -0.1) is 0 Å². The van der Waals surface area contributed by atoms with Crippen molar-refractivity contribution in [3.8, 4) is 5.88 Å². The smallest absolute Gasteiger partial charge is 0.212 e. The minimum absolute atomic E-state index is 0.120. The predicted octanol–water partition coefficient (Wildman–Crippen LogP) is 2.31. The third kappa shape index (κ3) is 4.84. The molecule has 2 aromatic rings. The number of guanidine groups is 1. The molecule has 0 aliphatic carbocycles. The molecule has 1 aliphatic rings. The summed E-state index contributed by atoms with van der Waals surface area (Å²) in [5.41, 5.74) is 1.42. The van der Waals surface area contributed by atoms with Crippen LogP contribution in [0.4, 0.5) is 14.5 Å². The number of ether oxygens (including phenoxy) is 1. The molecule has 8 heteroatoms. The number of hydrogen-bond donors (Lipinski definition) is 2. The highest BCUT2D eigenvalue weighted by molar-refractivity contribution is 5.80. The standard InChI is InChI=1S/C19H23F2N5O/c1-22-19(24-11-13-3-6-18(27-2)23-10-13)25-15-7-8-26(12-15)17-5-4-14(20)9-16(17)21/h3-6,9-10,15H,7-8,11-12H2,1-2H3,(H2,22,24,25). The molecule has 1 fully saturated rings. The average molecular weight is 375 g/mol. The van der Waals surface area contributed by atoms with Gasteiger partial charge in [0.05, 0.1) is 12.8 Å². The zero-order valence-electron chi connectivity index (χ0n) is 15.4. The molecule has 1 aromatic carbocycles. The van der Waals surface area contributed by atoms with Crippen molar-refractivity contribution >= 4 is 11.6 Å². The van der Waals surface area contributed by atoms with E-state index in [-0.39, 0.29) is 6.04 Å². The van der Waals surface area contributed by atoms with E-state index in [2.05, 4.69) is 20.6 Å². The fraction of sp³-hybridized carbons (Fsp3) is 0.368. The third-order valence-electron chi connectivity index (χ3n) is 4.47. The van der Waals surface area contributed by atoms with Gasteiger partial charge in [0.15, 0.2) is 5.96 Å². The SMILES string of the molecule is CN=C(NCc1ccc(OC)nc1)NC1CCN(c2ccc(F)cc2F)C1. The first-order valence-corrected chi connectivity index (χ1v) is 8.75. The Kier molecular flexibility index (Phi) is 6.05. The summed E-state index contributed by atoms with van der Waals surface area (Å²) in [5.74, 6) is 0.130. The van der Waals surface area contributed by atoms with Crippen LogP contribution in [0.3, 0.4) is 0 Å². The molecule has 27 heavy (non-hydrogen) atoms. The lowest BCUT2D eigenvalue weighted by atomic mass is 10.2. The summed E-state index contributed by atoms with van der Waals surface area (Å²) < 4.78 is 32.1. The molecule has 144 valence electrons. The number of nitrogens with zero attached hydrogens (tertiary/aromatic N) is 3. The van der Waals surface area contributed by atoms with Gasteiger partial charge in [0.2, 0.25) is 5.88 Å². The molecule has 2 N–H and O–H groups in total. The highest BCUT2D eigenvalue weighted by Gasteiger charge is 2.25. The molecule has 1 aliphatic heterocycles. The van der Waals surface area contributed by atoms with Crippen LogP contribution < -0.4 is 20.3 Å². The van der Waals surface area contributed by atoms with Gasteiger partial charge in [-0.2, -0.15) is 0 Å². The van der Waals surface area contributed by atoms with E-state index >= 15 is 0 Å². The van der Waals surface area contributed by atoms with E-state index < -0.39 is 11.6 Å². The van der Waals surface area contributed by atoms with Crippen LogP contribution in [-0.4, -0.2) is 44.2 Å². The fourth-order valence-electron chi connectivity index (χ4n) is 3.04. The minimum Gasteiger partial charge on any atom is -0.481 e. The summed E-state index contributed by atoms with van der Waals surface area (Å²) in [5, 5.41) is 6.58. The number of anilines is 1. The van der Waals surface area contributed by atoms with Gasteiger partial charge in [-0.05, 0) is 24.1 Å². The van der Waals surface area contributed by atoms with Crippen LogP contribution in [-0.2, 0) is 6.54 Å². The van der Waals surface area contributed by atoms with E-state index in [0.29, 0.717) is 37.2 Å². The quantitative estimate of drug-likeness (QED) is 0.620. The molecule has 1 aromatic heterocycles. The van der Waals surface area contributed by atoms with Crippen molar-refractivity contribution in [2.45, 2.75) is 19.0 Å². The zero-order chi connectivity index (χ0) is 19.2. The Hall–Kier alpha value is -2.90. The van der Waals surface area contributed by atoms with Crippen molar-refractivity contribution in [1.29, 1.82) is 0 Å². The second-order valence-electron chi connectivity index (χ2n) is 6.31. The molecule has 1 atom stereocenters. The number of aliphatic imine (C=N–C) groups is 1. The van der Waals surface area contributed by atoms with Crippen molar-refractivity contribution in [3.63, 3.8) is 0 Å². The van der Waals surface area contributed by atoms with Gasteiger partial charge in [-0.25, -0.2) is 13.8 Å². The van der Waals surface area contributed by atoms with Crippen LogP contribution in [0.15, 0.2) is 41.5 Å². The Balaban J connectivity index is 1.52. The van der Waals surface area contributed by atoms with E-state index in [9.17, 15) is 8.78 Å². The maximum Gasteiger partial charge on any atom is 0.212 e. The number of nitrogens with one attached hydrogen (secondary N) is 2. The van der Waals surface area contributed by atoms with E-state index in [1.165, 1.54) is 12.1 Å². The van der Waals surface area contributed by atoms with Crippen molar-refractivity contribution in [2.75, 3.05) is 32.1 Å². The minimum atomic E-state index is -0.567.